The molecular formula is C10H10F4N2O4. The van der Waals surface area contributed by atoms with Crippen LogP contribution >= 0.6 is 0 Å². The lowest BCUT2D eigenvalue weighted by atomic mass is 10.2. The first kappa shape index (κ1) is 14.7. The summed E-state index contributed by atoms with van der Waals surface area (Å²) in [4.78, 5) is 24.0. The van der Waals surface area contributed by atoms with E-state index in [4.69, 9.17) is 9.84 Å². The average molecular weight is 298 g/mol. The zero-order chi connectivity index (χ0) is 15.1. The maximum atomic E-state index is 13.7. The van der Waals surface area contributed by atoms with Gasteiger partial charge in [0.1, 0.15) is 11.7 Å². The van der Waals surface area contributed by atoms with Gasteiger partial charge >= 0.3 is 11.9 Å². The molecule has 0 amide bonds. The highest BCUT2D eigenvalue weighted by Crippen LogP contribution is 2.31. The number of ether oxygens (including phenoxy) is 1. The number of hydrogen-bond donors (Lipinski definition) is 2. The van der Waals surface area contributed by atoms with E-state index in [1.807, 2.05) is 0 Å². The van der Waals surface area contributed by atoms with Gasteiger partial charge in [0.05, 0.1) is 12.7 Å². The standard InChI is InChI=1S/C10H10F4N2O4/c11-6-1-4(3-17)20-8(6)16-2-5(10(12,13)14)7(18)15-9(16)19/h2,4,6,8,17H,1,3H2,(H,15,18,19)/t4-,6-,8+/m0/s1. The maximum absolute atomic E-state index is 13.7. The Morgan fingerprint density at radius 3 is 2.60 bits per heavy atom. The number of aromatic amines is 1. The highest BCUT2D eigenvalue weighted by Gasteiger charge is 2.40. The molecule has 2 rings (SSSR count). The van der Waals surface area contributed by atoms with Gasteiger partial charge in [-0.15, -0.1) is 0 Å². The molecule has 20 heavy (non-hydrogen) atoms. The minimum absolute atomic E-state index is 0.220. The van der Waals surface area contributed by atoms with Crippen molar-refractivity contribution in [3.63, 3.8) is 0 Å². The summed E-state index contributed by atoms with van der Waals surface area (Å²) in [5, 5.41) is 8.83. The normalized spacial score (nSPS) is 26.9. The summed E-state index contributed by atoms with van der Waals surface area (Å²) in [6, 6.07) is 0. The van der Waals surface area contributed by atoms with E-state index in [0.717, 1.165) is 0 Å². The Labute approximate surface area is 108 Å². The number of halogens is 4. The van der Waals surface area contributed by atoms with Gasteiger partial charge in [0.25, 0.3) is 5.56 Å². The van der Waals surface area contributed by atoms with Crippen LogP contribution in [0.2, 0.25) is 0 Å². The van der Waals surface area contributed by atoms with Crippen molar-refractivity contribution in [2.45, 2.75) is 31.1 Å². The quantitative estimate of drug-likeness (QED) is 0.763. The lowest BCUT2D eigenvalue weighted by molar-refractivity contribution is -0.139. The van der Waals surface area contributed by atoms with Crippen molar-refractivity contribution < 1.29 is 27.4 Å². The lowest BCUT2D eigenvalue weighted by Crippen LogP contribution is -2.38. The molecule has 0 aliphatic carbocycles. The number of hydrogen-bond acceptors (Lipinski definition) is 4. The van der Waals surface area contributed by atoms with E-state index in [-0.39, 0.29) is 12.6 Å². The molecule has 0 saturated carbocycles. The summed E-state index contributed by atoms with van der Waals surface area (Å²) in [5.74, 6) is 0. The number of aliphatic hydroxyl groups is 1. The molecule has 2 heterocycles. The molecule has 3 atom stereocenters. The molecule has 2 N–H and O–H groups in total. The van der Waals surface area contributed by atoms with Crippen molar-refractivity contribution in [2.24, 2.45) is 0 Å². The zero-order valence-corrected chi connectivity index (χ0v) is 9.85. The number of nitrogens with one attached hydrogen (secondary N) is 1. The van der Waals surface area contributed by atoms with Crippen molar-refractivity contribution in [1.29, 1.82) is 0 Å². The van der Waals surface area contributed by atoms with E-state index in [1.54, 1.807) is 0 Å². The van der Waals surface area contributed by atoms with Crippen LogP contribution in [0.3, 0.4) is 0 Å². The first-order chi connectivity index (χ1) is 9.24. The Bertz CT molecular complexity index is 609. The number of aromatic nitrogens is 2. The number of H-pyrrole nitrogens is 1. The molecule has 0 unspecified atom stereocenters. The molecule has 1 saturated heterocycles. The second-order valence-electron chi connectivity index (χ2n) is 4.29. The Balaban J connectivity index is 2.48. The van der Waals surface area contributed by atoms with Gasteiger partial charge < -0.3 is 9.84 Å². The van der Waals surface area contributed by atoms with Gasteiger partial charge in [-0.25, -0.2) is 9.18 Å². The van der Waals surface area contributed by atoms with Gasteiger partial charge in [-0.1, -0.05) is 0 Å². The molecule has 1 fully saturated rings. The fourth-order valence-corrected chi connectivity index (χ4v) is 1.94. The largest absolute Gasteiger partial charge is 0.423 e. The Morgan fingerprint density at radius 2 is 2.10 bits per heavy atom. The van der Waals surface area contributed by atoms with E-state index in [9.17, 15) is 27.2 Å². The topological polar surface area (TPSA) is 84.3 Å². The van der Waals surface area contributed by atoms with Gasteiger partial charge in [0.2, 0.25) is 0 Å². The molecule has 112 valence electrons. The molecule has 0 bridgehead atoms. The van der Waals surface area contributed by atoms with Crippen LogP contribution in [0.15, 0.2) is 15.8 Å². The molecule has 6 nitrogen and oxygen atoms in total. The van der Waals surface area contributed by atoms with Crippen LogP contribution in [0.4, 0.5) is 17.6 Å². The van der Waals surface area contributed by atoms with Gasteiger partial charge in [0.15, 0.2) is 6.23 Å². The predicted molar refractivity (Wildman–Crippen MR) is 56.8 cm³/mol. The minimum Gasteiger partial charge on any atom is -0.394 e. The first-order valence-corrected chi connectivity index (χ1v) is 5.57. The average Bonchev–Trinajstić information content (AvgIpc) is 2.69. The Kier molecular flexibility index (Phi) is 3.69. The summed E-state index contributed by atoms with van der Waals surface area (Å²) in [7, 11) is 0. The van der Waals surface area contributed by atoms with Crippen molar-refractivity contribution in [2.75, 3.05) is 6.61 Å². The molecule has 0 radical (unpaired) electrons. The Hall–Kier alpha value is -1.68. The second-order valence-corrected chi connectivity index (χ2v) is 4.29. The van der Waals surface area contributed by atoms with Crippen LogP contribution in [-0.2, 0) is 10.9 Å². The monoisotopic (exact) mass is 298 g/mol. The molecule has 0 spiro atoms. The third-order valence-corrected chi connectivity index (χ3v) is 2.88. The number of alkyl halides is 4. The van der Waals surface area contributed by atoms with Crippen molar-refractivity contribution in [3.8, 4) is 0 Å². The van der Waals surface area contributed by atoms with Gasteiger partial charge in [0, 0.05) is 12.6 Å². The molecule has 10 heteroatoms. The number of rotatable bonds is 2. The zero-order valence-electron chi connectivity index (χ0n) is 9.85. The van der Waals surface area contributed by atoms with Crippen molar-refractivity contribution >= 4 is 0 Å². The molecular weight excluding hydrogens is 288 g/mol. The molecule has 1 aromatic rings. The molecule has 1 aliphatic heterocycles. The smallest absolute Gasteiger partial charge is 0.394 e. The summed E-state index contributed by atoms with van der Waals surface area (Å²) in [6.45, 7) is -0.527. The van der Waals surface area contributed by atoms with Crippen LogP contribution in [0.25, 0.3) is 0 Å². The second kappa shape index (κ2) is 5.02. The van der Waals surface area contributed by atoms with Gasteiger partial charge in [-0.3, -0.25) is 14.3 Å². The number of nitrogens with zero attached hydrogens (tertiary/aromatic N) is 1. The summed E-state index contributed by atoms with van der Waals surface area (Å²) in [6.07, 6.45) is -9.31. The predicted octanol–water partition coefficient (Wildman–Crippen LogP) is 0.173. The van der Waals surface area contributed by atoms with Gasteiger partial charge in [-0.2, -0.15) is 13.2 Å². The highest BCUT2D eigenvalue weighted by molar-refractivity contribution is 5.09. The van der Waals surface area contributed by atoms with E-state index >= 15 is 0 Å². The van der Waals surface area contributed by atoms with E-state index in [1.165, 1.54) is 4.98 Å². The molecule has 0 aromatic carbocycles. The minimum atomic E-state index is -4.98. The van der Waals surface area contributed by atoms with Crippen LogP contribution in [0, 0.1) is 0 Å². The summed E-state index contributed by atoms with van der Waals surface area (Å²) >= 11 is 0. The van der Waals surface area contributed by atoms with Crippen molar-refractivity contribution in [1.82, 2.24) is 9.55 Å². The van der Waals surface area contributed by atoms with Crippen LogP contribution in [-0.4, -0.2) is 33.5 Å². The fraction of sp³-hybridized carbons (Fsp3) is 0.600. The number of aliphatic hydroxyl groups excluding tert-OH is 1. The third kappa shape index (κ3) is 2.61. The highest BCUT2D eigenvalue weighted by atomic mass is 19.4. The summed E-state index contributed by atoms with van der Waals surface area (Å²) < 4.78 is 56.7. The fourth-order valence-electron chi connectivity index (χ4n) is 1.94. The van der Waals surface area contributed by atoms with E-state index < -0.39 is 48.1 Å². The van der Waals surface area contributed by atoms with E-state index in [0.29, 0.717) is 4.57 Å². The maximum Gasteiger partial charge on any atom is 0.423 e. The van der Waals surface area contributed by atoms with Crippen molar-refractivity contribution in [3.05, 3.63) is 32.6 Å². The lowest BCUT2D eigenvalue weighted by Gasteiger charge is -2.17. The Morgan fingerprint density at radius 1 is 1.45 bits per heavy atom. The SMILES string of the molecule is O=c1[nH]c(=O)n([C@@H]2O[C@H](CO)C[C@@H]2F)cc1C(F)(F)F. The third-order valence-electron chi connectivity index (χ3n) is 2.88. The molecule has 1 aromatic heterocycles. The first-order valence-electron chi connectivity index (χ1n) is 5.57. The van der Waals surface area contributed by atoms with Crippen LogP contribution < -0.4 is 11.2 Å². The van der Waals surface area contributed by atoms with Gasteiger partial charge in [-0.05, 0) is 0 Å². The van der Waals surface area contributed by atoms with Crippen LogP contribution in [0.5, 0.6) is 0 Å². The summed E-state index contributed by atoms with van der Waals surface area (Å²) in [5.41, 5.74) is -4.44. The molecule has 1 aliphatic rings. The van der Waals surface area contributed by atoms with Crippen LogP contribution in [0.1, 0.15) is 18.2 Å². The van der Waals surface area contributed by atoms with E-state index in [2.05, 4.69) is 0 Å².